The van der Waals surface area contributed by atoms with Crippen LogP contribution in [0.1, 0.15) is 5.56 Å². The second kappa shape index (κ2) is 8.95. The third kappa shape index (κ3) is 4.33. The fourth-order valence-corrected chi connectivity index (χ4v) is 2.96. The van der Waals surface area contributed by atoms with Crippen LogP contribution in [0.4, 0.5) is 11.6 Å². The summed E-state index contributed by atoms with van der Waals surface area (Å²) >= 11 is 0. The Morgan fingerprint density at radius 2 is 1.77 bits per heavy atom. The van der Waals surface area contributed by atoms with E-state index in [-0.39, 0.29) is 0 Å². The highest BCUT2D eigenvalue weighted by molar-refractivity contribution is 5.76. The lowest BCUT2D eigenvalue weighted by Gasteiger charge is -2.14. The summed E-state index contributed by atoms with van der Waals surface area (Å²) in [6.45, 7) is 0.406. The van der Waals surface area contributed by atoms with E-state index < -0.39 is 0 Å². The van der Waals surface area contributed by atoms with Crippen molar-refractivity contribution in [2.75, 3.05) is 19.5 Å². The number of nitrogens with zero attached hydrogens (tertiary/aromatic N) is 3. The van der Waals surface area contributed by atoms with Crippen molar-refractivity contribution in [1.82, 2.24) is 20.2 Å². The van der Waals surface area contributed by atoms with Crippen molar-refractivity contribution in [3.63, 3.8) is 0 Å². The average molecular weight is 403 g/mol. The number of methoxy groups -OCH3 is 2. The molecule has 0 unspecified atom stereocenters. The lowest BCUT2D eigenvalue weighted by molar-refractivity contribution is 0.305. The highest BCUT2D eigenvalue weighted by Crippen LogP contribution is 2.38. The van der Waals surface area contributed by atoms with Crippen molar-refractivity contribution in [2.24, 2.45) is 0 Å². The van der Waals surface area contributed by atoms with Crippen LogP contribution in [0.3, 0.4) is 0 Å². The zero-order valence-electron chi connectivity index (χ0n) is 16.6. The van der Waals surface area contributed by atoms with Crippen LogP contribution in [0.2, 0.25) is 0 Å². The zero-order valence-corrected chi connectivity index (χ0v) is 16.6. The van der Waals surface area contributed by atoms with Gasteiger partial charge in [0, 0.05) is 18.5 Å². The van der Waals surface area contributed by atoms with Gasteiger partial charge in [-0.15, -0.1) is 0 Å². The highest BCUT2D eigenvalue weighted by Gasteiger charge is 2.16. The van der Waals surface area contributed by atoms with Gasteiger partial charge in [0.2, 0.25) is 0 Å². The minimum Gasteiger partial charge on any atom is -0.497 e. The van der Waals surface area contributed by atoms with Gasteiger partial charge >= 0.3 is 0 Å². The van der Waals surface area contributed by atoms with Gasteiger partial charge in [-0.2, -0.15) is 5.10 Å². The Kier molecular flexibility index (Phi) is 5.75. The first-order valence-corrected chi connectivity index (χ1v) is 9.28. The van der Waals surface area contributed by atoms with E-state index in [9.17, 15) is 0 Å². The number of hydrogen-bond donors (Lipinski definition) is 2. The summed E-state index contributed by atoms with van der Waals surface area (Å²) in [6, 6.07) is 15.3. The lowest BCUT2D eigenvalue weighted by Crippen LogP contribution is -1.99. The van der Waals surface area contributed by atoms with Crippen LogP contribution in [-0.4, -0.2) is 34.4 Å². The highest BCUT2D eigenvalue weighted by atomic mass is 16.5. The first kappa shape index (κ1) is 19.3. The molecule has 0 aliphatic heterocycles. The monoisotopic (exact) mass is 403 g/mol. The molecule has 152 valence electrons. The molecule has 30 heavy (non-hydrogen) atoms. The SMILES string of the molecule is COc1ccc(COc2cccc(OC)c2-c2cc(Nc3cnccn3)n[nH]2)cc1. The minimum absolute atomic E-state index is 0.406. The van der Waals surface area contributed by atoms with Crippen LogP contribution in [-0.2, 0) is 6.61 Å². The number of nitrogens with one attached hydrogen (secondary N) is 2. The van der Waals surface area contributed by atoms with E-state index in [0.717, 1.165) is 22.6 Å². The molecular weight excluding hydrogens is 382 g/mol. The molecule has 8 heteroatoms. The number of benzene rings is 2. The summed E-state index contributed by atoms with van der Waals surface area (Å²) in [5.74, 6) is 3.38. The molecule has 0 saturated carbocycles. The van der Waals surface area contributed by atoms with Gasteiger partial charge in [0.05, 0.1) is 31.7 Å². The van der Waals surface area contributed by atoms with Gasteiger partial charge in [0.1, 0.15) is 29.7 Å². The number of H-pyrrole nitrogens is 1. The summed E-state index contributed by atoms with van der Waals surface area (Å²) < 4.78 is 16.9. The van der Waals surface area contributed by atoms with Crippen molar-refractivity contribution in [2.45, 2.75) is 6.61 Å². The second-order valence-corrected chi connectivity index (χ2v) is 6.35. The van der Waals surface area contributed by atoms with Crippen LogP contribution in [0.15, 0.2) is 67.1 Å². The normalized spacial score (nSPS) is 10.5. The Bertz CT molecular complexity index is 1100. The summed E-state index contributed by atoms with van der Waals surface area (Å²) in [5, 5.41) is 10.5. The largest absolute Gasteiger partial charge is 0.497 e. The molecule has 0 aliphatic carbocycles. The van der Waals surface area contributed by atoms with Gasteiger partial charge in [0.15, 0.2) is 5.82 Å². The summed E-state index contributed by atoms with van der Waals surface area (Å²) in [6.07, 6.45) is 4.85. The molecule has 2 heterocycles. The second-order valence-electron chi connectivity index (χ2n) is 6.35. The molecule has 2 aromatic heterocycles. The molecular formula is C22H21N5O3. The van der Waals surface area contributed by atoms with Gasteiger partial charge in [-0.1, -0.05) is 18.2 Å². The van der Waals surface area contributed by atoms with Crippen LogP contribution >= 0.6 is 0 Å². The summed E-state index contributed by atoms with van der Waals surface area (Å²) in [5.41, 5.74) is 2.57. The number of ether oxygens (including phenoxy) is 3. The molecule has 2 aromatic carbocycles. The smallest absolute Gasteiger partial charge is 0.153 e. The van der Waals surface area contributed by atoms with Crippen LogP contribution < -0.4 is 19.5 Å². The first-order valence-electron chi connectivity index (χ1n) is 9.28. The van der Waals surface area contributed by atoms with Gasteiger partial charge in [-0.05, 0) is 29.8 Å². The maximum absolute atomic E-state index is 6.11. The molecule has 0 aliphatic rings. The number of anilines is 2. The van der Waals surface area contributed by atoms with Crippen molar-refractivity contribution in [3.8, 4) is 28.5 Å². The van der Waals surface area contributed by atoms with E-state index in [1.54, 1.807) is 32.8 Å². The first-order chi connectivity index (χ1) is 14.8. The number of aromatic amines is 1. The minimum atomic E-state index is 0.406. The number of hydrogen-bond acceptors (Lipinski definition) is 7. The number of aromatic nitrogens is 4. The van der Waals surface area contributed by atoms with Crippen LogP contribution in [0.25, 0.3) is 11.3 Å². The standard InChI is InChI=1S/C22H21N5O3/c1-28-16-8-6-15(7-9-16)14-30-19-5-3-4-18(29-2)22(19)17-12-20(27-26-17)25-21-13-23-10-11-24-21/h3-13H,14H2,1-2H3,(H2,24,25,26,27). The van der Waals surface area contributed by atoms with Gasteiger partial charge in [0.25, 0.3) is 0 Å². The summed E-state index contributed by atoms with van der Waals surface area (Å²) in [7, 11) is 3.27. The molecule has 0 amide bonds. The van der Waals surface area contributed by atoms with Crippen molar-refractivity contribution in [1.29, 1.82) is 0 Å². The maximum Gasteiger partial charge on any atom is 0.153 e. The third-order valence-corrected chi connectivity index (χ3v) is 4.43. The Morgan fingerprint density at radius 1 is 0.933 bits per heavy atom. The topological polar surface area (TPSA) is 94.2 Å². The molecule has 0 radical (unpaired) electrons. The molecule has 0 spiro atoms. The Labute approximate surface area is 173 Å². The predicted octanol–water partition coefficient (Wildman–Crippen LogP) is 4.21. The lowest BCUT2D eigenvalue weighted by atomic mass is 10.1. The van der Waals surface area contributed by atoms with Crippen molar-refractivity contribution >= 4 is 11.6 Å². The summed E-state index contributed by atoms with van der Waals surface area (Å²) in [4.78, 5) is 8.24. The van der Waals surface area contributed by atoms with Gasteiger partial charge in [-0.25, -0.2) is 4.98 Å². The molecule has 2 N–H and O–H groups in total. The van der Waals surface area contributed by atoms with Crippen molar-refractivity contribution < 1.29 is 14.2 Å². The van der Waals surface area contributed by atoms with E-state index >= 15 is 0 Å². The molecule has 4 aromatic rings. The van der Waals surface area contributed by atoms with Crippen LogP contribution in [0, 0.1) is 0 Å². The van der Waals surface area contributed by atoms with E-state index in [2.05, 4.69) is 25.5 Å². The number of rotatable bonds is 8. The van der Waals surface area contributed by atoms with Gasteiger partial charge < -0.3 is 19.5 Å². The van der Waals surface area contributed by atoms with E-state index in [4.69, 9.17) is 14.2 Å². The van der Waals surface area contributed by atoms with E-state index in [0.29, 0.717) is 29.7 Å². The maximum atomic E-state index is 6.11. The average Bonchev–Trinajstić information content (AvgIpc) is 3.26. The predicted molar refractivity (Wildman–Crippen MR) is 113 cm³/mol. The molecule has 0 atom stereocenters. The van der Waals surface area contributed by atoms with Gasteiger partial charge in [-0.3, -0.25) is 10.1 Å². The molecule has 0 bridgehead atoms. The molecule has 0 saturated heterocycles. The fraction of sp³-hybridized carbons (Fsp3) is 0.136. The van der Waals surface area contributed by atoms with E-state index in [1.165, 1.54) is 0 Å². The Hall–Kier alpha value is -4.07. The third-order valence-electron chi connectivity index (χ3n) is 4.43. The van der Waals surface area contributed by atoms with E-state index in [1.807, 2.05) is 48.5 Å². The molecule has 8 nitrogen and oxygen atoms in total. The molecule has 4 rings (SSSR count). The quantitative estimate of drug-likeness (QED) is 0.455. The zero-order chi connectivity index (χ0) is 20.8. The molecule has 0 fully saturated rings. The Morgan fingerprint density at radius 3 is 2.50 bits per heavy atom. The van der Waals surface area contributed by atoms with Crippen LogP contribution in [0.5, 0.6) is 17.2 Å². The fourth-order valence-electron chi connectivity index (χ4n) is 2.96. The Balaban J connectivity index is 1.58. The van der Waals surface area contributed by atoms with Crippen molar-refractivity contribution in [3.05, 3.63) is 72.7 Å².